The van der Waals surface area contributed by atoms with E-state index in [1.54, 1.807) is 12.3 Å². The van der Waals surface area contributed by atoms with Crippen molar-refractivity contribution < 1.29 is 4.74 Å². The molecule has 4 heteroatoms. The van der Waals surface area contributed by atoms with Gasteiger partial charge < -0.3 is 10.5 Å². The van der Waals surface area contributed by atoms with Crippen LogP contribution in [0.2, 0.25) is 0 Å². The highest BCUT2D eigenvalue weighted by atomic mass is 79.9. The summed E-state index contributed by atoms with van der Waals surface area (Å²) in [6.45, 7) is 6.66. The van der Waals surface area contributed by atoms with Crippen molar-refractivity contribution in [3.63, 3.8) is 0 Å². The van der Waals surface area contributed by atoms with Crippen LogP contribution in [0, 0.1) is 0 Å². The fourth-order valence-corrected chi connectivity index (χ4v) is 2.17. The van der Waals surface area contributed by atoms with Gasteiger partial charge in [0.15, 0.2) is 0 Å². The lowest BCUT2D eigenvalue weighted by Gasteiger charge is -2.23. The molecule has 3 nitrogen and oxygen atoms in total. The number of rotatable bonds is 4. The molecule has 2 N–H and O–H groups in total. The number of hydrogen-bond donors (Lipinski definition) is 1. The van der Waals surface area contributed by atoms with Gasteiger partial charge in [0.1, 0.15) is 5.75 Å². The zero-order valence-corrected chi connectivity index (χ0v) is 13.6. The van der Waals surface area contributed by atoms with Crippen LogP contribution in [0.5, 0.6) is 11.6 Å². The Balaban J connectivity index is 2.19. The van der Waals surface area contributed by atoms with Crippen LogP contribution in [0.25, 0.3) is 0 Å². The standard InChI is InChI=1S/C16H19BrN2O/c1-4-16(2,3)11-5-7-13(8-6-11)20-15-14(18)9-12(17)10-19-15/h5-10H,4,18H2,1-3H3. The first-order valence-electron chi connectivity index (χ1n) is 6.62. The van der Waals surface area contributed by atoms with Crippen LogP contribution in [0.4, 0.5) is 5.69 Å². The van der Waals surface area contributed by atoms with E-state index in [0.717, 1.165) is 16.6 Å². The van der Waals surface area contributed by atoms with Crippen molar-refractivity contribution in [3.8, 4) is 11.6 Å². The highest BCUT2D eigenvalue weighted by Crippen LogP contribution is 2.31. The maximum atomic E-state index is 5.87. The number of pyridine rings is 1. The summed E-state index contributed by atoms with van der Waals surface area (Å²) >= 11 is 3.32. The van der Waals surface area contributed by atoms with Gasteiger partial charge in [-0.2, -0.15) is 0 Å². The molecule has 1 aromatic carbocycles. The molecular weight excluding hydrogens is 316 g/mol. The minimum absolute atomic E-state index is 0.174. The predicted molar refractivity (Wildman–Crippen MR) is 86.2 cm³/mol. The maximum absolute atomic E-state index is 5.87. The largest absolute Gasteiger partial charge is 0.437 e. The summed E-state index contributed by atoms with van der Waals surface area (Å²) in [6.07, 6.45) is 2.76. The maximum Gasteiger partial charge on any atom is 0.242 e. The van der Waals surface area contributed by atoms with Crippen LogP contribution < -0.4 is 10.5 Å². The molecule has 0 radical (unpaired) electrons. The Bertz CT molecular complexity index is 594. The van der Waals surface area contributed by atoms with E-state index in [4.69, 9.17) is 10.5 Å². The Morgan fingerprint density at radius 3 is 2.45 bits per heavy atom. The zero-order chi connectivity index (χ0) is 14.8. The highest BCUT2D eigenvalue weighted by molar-refractivity contribution is 9.10. The van der Waals surface area contributed by atoms with E-state index in [1.165, 1.54) is 5.56 Å². The van der Waals surface area contributed by atoms with Crippen molar-refractivity contribution in [3.05, 3.63) is 46.6 Å². The molecule has 1 aromatic heterocycles. The molecule has 0 unspecified atom stereocenters. The molecule has 2 rings (SSSR count). The van der Waals surface area contributed by atoms with Gasteiger partial charge in [-0.15, -0.1) is 0 Å². The van der Waals surface area contributed by atoms with Gasteiger partial charge in [-0.3, -0.25) is 0 Å². The third-order valence-corrected chi connectivity index (χ3v) is 4.01. The van der Waals surface area contributed by atoms with E-state index in [1.807, 2.05) is 12.1 Å². The van der Waals surface area contributed by atoms with Gasteiger partial charge in [0, 0.05) is 10.7 Å². The molecule has 0 bridgehead atoms. The molecule has 20 heavy (non-hydrogen) atoms. The quantitative estimate of drug-likeness (QED) is 0.864. The van der Waals surface area contributed by atoms with E-state index in [-0.39, 0.29) is 5.41 Å². The first-order valence-corrected chi connectivity index (χ1v) is 7.41. The van der Waals surface area contributed by atoms with Crippen molar-refractivity contribution in [2.24, 2.45) is 0 Å². The molecule has 0 amide bonds. The lowest BCUT2D eigenvalue weighted by molar-refractivity contribution is 0.462. The second-order valence-electron chi connectivity index (χ2n) is 5.41. The molecule has 0 aliphatic heterocycles. The van der Waals surface area contributed by atoms with Gasteiger partial charge in [0.25, 0.3) is 0 Å². The highest BCUT2D eigenvalue weighted by Gasteiger charge is 2.17. The first kappa shape index (κ1) is 14.9. The van der Waals surface area contributed by atoms with Crippen LogP contribution in [0.15, 0.2) is 41.0 Å². The number of nitrogen functional groups attached to an aromatic ring is 1. The summed E-state index contributed by atoms with van der Waals surface area (Å²) in [5.74, 6) is 1.16. The number of ether oxygens (including phenoxy) is 1. The van der Waals surface area contributed by atoms with Gasteiger partial charge in [0.2, 0.25) is 5.88 Å². The lowest BCUT2D eigenvalue weighted by atomic mass is 9.82. The average Bonchev–Trinajstić information content (AvgIpc) is 2.42. The third kappa shape index (κ3) is 3.31. The van der Waals surface area contributed by atoms with E-state index in [0.29, 0.717) is 11.6 Å². The van der Waals surface area contributed by atoms with Crippen molar-refractivity contribution >= 4 is 21.6 Å². The molecule has 2 aromatic rings. The van der Waals surface area contributed by atoms with Crippen LogP contribution >= 0.6 is 15.9 Å². The number of hydrogen-bond acceptors (Lipinski definition) is 3. The van der Waals surface area contributed by atoms with E-state index in [2.05, 4.69) is 53.8 Å². The molecular formula is C16H19BrN2O. The second-order valence-corrected chi connectivity index (χ2v) is 6.33. The van der Waals surface area contributed by atoms with E-state index < -0.39 is 0 Å². The summed E-state index contributed by atoms with van der Waals surface area (Å²) in [6, 6.07) is 9.87. The molecule has 106 valence electrons. The van der Waals surface area contributed by atoms with Crippen molar-refractivity contribution in [1.29, 1.82) is 0 Å². The van der Waals surface area contributed by atoms with Crippen LogP contribution in [-0.4, -0.2) is 4.98 Å². The summed E-state index contributed by atoms with van der Waals surface area (Å²) in [7, 11) is 0. The molecule has 0 fully saturated rings. The van der Waals surface area contributed by atoms with Crippen molar-refractivity contribution in [1.82, 2.24) is 4.98 Å². The van der Waals surface area contributed by atoms with Gasteiger partial charge in [-0.05, 0) is 51.5 Å². The first-order chi connectivity index (χ1) is 9.42. The van der Waals surface area contributed by atoms with Crippen LogP contribution in [-0.2, 0) is 5.41 Å². The van der Waals surface area contributed by atoms with Gasteiger partial charge >= 0.3 is 0 Å². The monoisotopic (exact) mass is 334 g/mol. The molecule has 0 saturated carbocycles. The Morgan fingerprint density at radius 1 is 1.25 bits per heavy atom. The molecule has 1 heterocycles. The number of halogens is 1. The predicted octanol–water partition coefficient (Wildman–Crippen LogP) is 4.91. The third-order valence-electron chi connectivity index (χ3n) is 3.58. The summed E-state index contributed by atoms with van der Waals surface area (Å²) < 4.78 is 6.54. The molecule has 0 aliphatic carbocycles. The normalized spacial score (nSPS) is 11.4. The molecule has 0 saturated heterocycles. The van der Waals surface area contributed by atoms with Crippen molar-refractivity contribution in [2.75, 3.05) is 5.73 Å². The van der Waals surface area contributed by atoms with Gasteiger partial charge in [-0.1, -0.05) is 32.9 Å². The van der Waals surface area contributed by atoms with Gasteiger partial charge in [-0.25, -0.2) is 4.98 Å². The number of anilines is 1. The van der Waals surface area contributed by atoms with E-state index in [9.17, 15) is 0 Å². The summed E-state index contributed by atoms with van der Waals surface area (Å²) in [5.41, 5.74) is 7.85. The Morgan fingerprint density at radius 2 is 1.90 bits per heavy atom. The number of nitrogens with two attached hydrogens (primary N) is 1. The Hall–Kier alpha value is -1.55. The smallest absolute Gasteiger partial charge is 0.242 e. The second kappa shape index (κ2) is 5.83. The Labute approximate surface area is 128 Å². The minimum atomic E-state index is 0.174. The number of aromatic nitrogens is 1. The molecule has 0 atom stereocenters. The minimum Gasteiger partial charge on any atom is -0.437 e. The van der Waals surface area contributed by atoms with Crippen molar-refractivity contribution in [2.45, 2.75) is 32.6 Å². The molecule has 0 spiro atoms. The zero-order valence-electron chi connectivity index (χ0n) is 12.0. The van der Waals surface area contributed by atoms with Crippen LogP contribution in [0.3, 0.4) is 0 Å². The fourth-order valence-electron chi connectivity index (χ4n) is 1.82. The topological polar surface area (TPSA) is 48.1 Å². The number of benzene rings is 1. The fraction of sp³-hybridized carbons (Fsp3) is 0.312. The molecule has 0 aliphatic rings. The average molecular weight is 335 g/mol. The Kier molecular flexibility index (Phi) is 4.33. The lowest BCUT2D eigenvalue weighted by Crippen LogP contribution is -2.14. The number of nitrogens with zero attached hydrogens (tertiary/aromatic N) is 1. The SMILES string of the molecule is CCC(C)(C)c1ccc(Oc2ncc(Br)cc2N)cc1. The van der Waals surface area contributed by atoms with Gasteiger partial charge in [0.05, 0.1) is 5.69 Å². The summed E-state index contributed by atoms with van der Waals surface area (Å²) in [5, 5.41) is 0. The van der Waals surface area contributed by atoms with E-state index >= 15 is 0 Å². The van der Waals surface area contributed by atoms with Crippen LogP contribution in [0.1, 0.15) is 32.8 Å². The summed E-state index contributed by atoms with van der Waals surface area (Å²) in [4.78, 5) is 4.17.